The molecule has 4 atom stereocenters. The lowest BCUT2D eigenvalue weighted by atomic mass is 9.94. The number of hydrogen-bond donors (Lipinski definition) is 3. The molecular weight excluding hydrogens is 466 g/mol. The molecule has 0 saturated carbocycles. The second-order valence-corrected chi connectivity index (χ2v) is 11.1. The first kappa shape index (κ1) is 23.2. The standard InChI is InChI=1S/C22H23N3O6S2/c1-22(2)16(21(30)31)25-19(29)15(20(25)33-22)24-18(28)14(11-6-4-3-5-7-11)23-17(27)12-10-32-9-8-13(12)26/h3-4,7-10,14-16,20H,5-6H2,1-2H3,(H,23,27)(H,24,28)(H,30,31)/t14?,15-,16+,20-/m1/s1. The van der Waals surface area contributed by atoms with Crippen molar-refractivity contribution in [2.75, 3.05) is 0 Å². The minimum Gasteiger partial charge on any atom is -0.480 e. The second kappa shape index (κ2) is 8.79. The molecule has 174 valence electrons. The number of aliphatic carboxylic acids is 1. The Morgan fingerprint density at radius 2 is 2.00 bits per heavy atom. The van der Waals surface area contributed by atoms with Gasteiger partial charge in [-0.05, 0) is 43.7 Å². The highest BCUT2D eigenvalue weighted by Gasteiger charge is 2.64. The lowest BCUT2D eigenvalue weighted by molar-refractivity contribution is -0.161. The first-order valence-corrected chi connectivity index (χ1v) is 12.2. The number of rotatable bonds is 6. The van der Waals surface area contributed by atoms with Crippen molar-refractivity contribution in [3.63, 3.8) is 0 Å². The molecule has 3 amide bonds. The molecule has 33 heavy (non-hydrogen) atoms. The quantitative estimate of drug-likeness (QED) is 0.403. The first-order chi connectivity index (χ1) is 15.6. The molecular formula is C22H23N3O6S2. The number of amides is 3. The van der Waals surface area contributed by atoms with Crippen molar-refractivity contribution >= 4 is 46.8 Å². The molecule has 3 heterocycles. The molecule has 2 aliphatic heterocycles. The van der Waals surface area contributed by atoms with Gasteiger partial charge in [0.05, 0.1) is 5.56 Å². The fraction of sp³-hybridized carbons (Fsp3) is 0.409. The number of nitrogens with zero attached hydrogens (tertiary/aromatic N) is 1. The molecule has 3 N–H and O–H groups in total. The Labute approximate surface area is 197 Å². The predicted molar refractivity (Wildman–Crippen MR) is 124 cm³/mol. The van der Waals surface area contributed by atoms with Crippen molar-refractivity contribution < 1.29 is 24.3 Å². The summed E-state index contributed by atoms with van der Waals surface area (Å²) < 4.78 is -0.713. The number of hydrogen-bond acceptors (Lipinski definition) is 7. The topological polar surface area (TPSA) is 133 Å². The molecule has 0 radical (unpaired) electrons. The van der Waals surface area contributed by atoms with E-state index in [9.17, 15) is 29.1 Å². The third-order valence-electron chi connectivity index (χ3n) is 5.91. The Kier molecular flexibility index (Phi) is 6.19. The Hall–Kier alpha value is -2.92. The van der Waals surface area contributed by atoms with Gasteiger partial charge in [-0.3, -0.25) is 19.2 Å². The highest BCUT2D eigenvalue weighted by Crippen LogP contribution is 2.50. The van der Waals surface area contributed by atoms with Crippen molar-refractivity contribution in [1.29, 1.82) is 0 Å². The molecule has 2 saturated heterocycles. The predicted octanol–water partition coefficient (Wildman–Crippen LogP) is 1.11. The minimum atomic E-state index is -1.09. The number of carbonyl (C=O) groups excluding carboxylic acids is 3. The molecule has 1 aromatic rings. The summed E-state index contributed by atoms with van der Waals surface area (Å²) in [4.78, 5) is 63.8. The van der Waals surface area contributed by atoms with Gasteiger partial charge in [0.25, 0.3) is 5.91 Å². The van der Waals surface area contributed by atoms with Crippen molar-refractivity contribution in [2.45, 2.75) is 54.9 Å². The highest BCUT2D eigenvalue weighted by molar-refractivity contribution is 8.01. The summed E-state index contributed by atoms with van der Waals surface area (Å²) in [6.07, 6.45) is 6.69. The van der Waals surface area contributed by atoms with E-state index in [1.165, 1.54) is 39.4 Å². The van der Waals surface area contributed by atoms with Gasteiger partial charge in [0.2, 0.25) is 11.8 Å². The summed E-state index contributed by atoms with van der Waals surface area (Å²) in [5.41, 5.74) is 0.148. The number of β-lactam (4-membered cyclic amide) rings is 1. The van der Waals surface area contributed by atoms with Crippen LogP contribution in [0, 0.1) is 0 Å². The number of carboxylic acids is 1. The van der Waals surface area contributed by atoms with E-state index in [1.54, 1.807) is 19.2 Å². The van der Waals surface area contributed by atoms with Gasteiger partial charge < -0.3 is 20.6 Å². The van der Waals surface area contributed by atoms with E-state index in [0.717, 1.165) is 0 Å². The number of fused-ring (bicyclic) bond motifs is 1. The first-order valence-electron chi connectivity index (χ1n) is 10.4. The Morgan fingerprint density at radius 1 is 1.24 bits per heavy atom. The Morgan fingerprint density at radius 3 is 2.64 bits per heavy atom. The molecule has 1 unspecified atom stereocenters. The van der Waals surface area contributed by atoms with Crippen molar-refractivity contribution in [2.24, 2.45) is 0 Å². The fourth-order valence-electron chi connectivity index (χ4n) is 4.29. The summed E-state index contributed by atoms with van der Waals surface area (Å²) in [6.45, 7) is 3.51. The van der Waals surface area contributed by atoms with Crippen LogP contribution in [0.15, 0.2) is 45.4 Å². The van der Waals surface area contributed by atoms with Crippen LogP contribution in [0.4, 0.5) is 0 Å². The van der Waals surface area contributed by atoms with E-state index in [0.29, 0.717) is 18.4 Å². The Bertz CT molecular complexity index is 1140. The maximum absolute atomic E-state index is 13.2. The minimum absolute atomic E-state index is 0.0597. The number of carbonyl (C=O) groups is 4. The monoisotopic (exact) mass is 489 g/mol. The maximum Gasteiger partial charge on any atom is 0.327 e. The van der Waals surface area contributed by atoms with Gasteiger partial charge >= 0.3 is 5.97 Å². The molecule has 9 nitrogen and oxygen atoms in total. The molecule has 0 spiro atoms. The van der Waals surface area contributed by atoms with Gasteiger partial charge in [0.1, 0.15) is 23.5 Å². The Balaban J connectivity index is 1.53. The highest BCUT2D eigenvalue weighted by atomic mass is 32.2. The van der Waals surface area contributed by atoms with Crippen molar-refractivity contribution in [1.82, 2.24) is 15.5 Å². The number of carboxylic acid groups (broad SMARTS) is 1. The zero-order valence-electron chi connectivity index (χ0n) is 17.9. The van der Waals surface area contributed by atoms with Crippen LogP contribution >= 0.6 is 23.1 Å². The van der Waals surface area contributed by atoms with E-state index < -0.39 is 57.4 Å². The average molecular weight is 490 g/mol. The molecule has 1 aromatic heterocycles. The molecule has 1 aliphatic carbocycles. The van der Waals surface area contributed by atoms with E-state index >= 15 is 0 Å². The van der Waals surface area contributed by atoms with E-state index in [1.807, 2.05) is 18.2 Å². The van der Waals surface area contributed by atoms with Crippen LogP contribution in [0.2, 0.25) is 0 Å². The summed E-state index contributed by atoms with van der Waals surface area (Å²) >= 11 is 2.52. The zero-order valence-corrected chi connectivity index (χ0v) is 19.6. The van der Waals surface area contributed by atoms with Gasteiger partial charge in [-0.1, -0.05) is 18.2 Å². The molecule has 4 rings (SSSR count). The van der Waals surface area contributed by atoms with Crippen LogP contribution in [0.1, 0.15) is 37.0 Å². The zero-order chi connectivity index (χ0) is 23.9. The van der Waals surface area contributed by atoms with Crippen LogP contribution in [0.3, 0.4) is 0 Å². The van der Waals surface area contributed by atoms with Gasteiger partial charge in [-0.2, -0.15) is 11.3 Å². The smallest absolute Gasteiger partial charge is 0.327 e. The second-order valence-electron chi connectivity index (χ2n) is 8.52. The number of thioether (sulfide) groups is 1. The molecule has 11 heteroatoms. The van der Waals surface area contributed by atoms with Gasteiger partial charge in [-0.15, -0.1) is 11.8 Å². The van der Waals surface area contributed by atoms with E-state index in [4.69, 9.17) is 0 Å². The summed E-state index contributed by atoms with van der Waals surface area (Å²) in [7, 11) is 0. The van der Waals surface area contributed by atoms with Crippen molar-refractivity contribution in [3.8, 4) is 0 Å². The van der Waals surface area contributed by atoms with Crippen LogP contribution in [-0.2, 0) is 14.4 Å². The summed E-state index contributed by atoms with van der Waals surface area (Å²) in [5, 5.41) is 17.4. The van der Waals surface area contributed by atoms with Gasteiger partial charge in [-0.25, -0.2) is 4.79 Å². The molecule has 3 aliphatic rings. The molecule has 2 fully saturated rings. The summed E-state index contributed by atoms with van der Waals surface area (Å²) in [5.74, 6) is -2.80. The third-order valence-corrected chi connectivity index (χ3v) is 8.15. The van der Waals surface area contributed by atoms with Crippen LogP contribution in [0.25, 0.3) is 0 Å². The SMILES string of the molecule is CC1(C)S[C@@H]2[C@H](NC(=O)C(NC(=O)c3csccc3=O)C3=CCC=CC3)C(=O)N2[C@H]1C(=O)O. The molecule has 0 bridgehead atoms. The largest absolute Gasteiger partial charge is 0.480 e. The average Bonchev–Trinajstić information content (AvgIpc) is 3.04. The fourth-order valence-corrected chi connectivity index (χ4v) is 6.56. The van der Waals surface area contributed by atoms with Gasteiger partial charge in [0.15, 0.2) is 5.43 Å². The van der Waals surface area contributed by atoms with E-state index in [2.05, 4.69) is 10.6 Å². The summed E-state index contributed by atoms with van der Waals surface area (Å²) in [6, 6.07) is -1.65. The lowest BCUT2D eigenvalue weighted by Gasteiger charge is -2.44. The van der Waals surface area contributed by atoms with Gasteiger partial charge in [0, 0.05) is 10.1 Å². The van der Waals surface area contributed by atoms with Crippen molar-refractivity contribution in [3.05, 3.63) is 56.4 Å². The van der Waals surface area contributed by atoms with Crippen LogP contribution in [0.5, 0.6) is 0 Å². The van der Waals surface area contributed by atoms with Crippen LogP contribution in [-0.4, -0.2) is 61.9 Å². The molecule has 0 aromatic carbocycles. The number of nitrogens with one attached hydrogen (secondary N) is 2. The normalized spacial score (nSPS) is 26.0. The van der Waals surface area contributed by atoms with Crippen LogP contribution < -0.4 is 16.1 Å². The maximum atomic E-state index is 13.2. The lowest BCUT2D eigenvalue weighted by Crippen LogP contribution is -2.71. The number of allylic oxidation sites excluding steroid dienone is 3. The third kappa shape index (κ3) is 4.22. The van der Waals surface area contributed by atoms with E-state index in [-0.39, 0.29) is 5.56 Å².